The van der Waals surface area contributed by atoms with Gasteiger partial charge in [0.25, 0.3) is 6.71 Å². The van der Waals surface area contributed by atoms with Gasteiger partial charge in [0.2, 0.25) is 0 Å². The standard InChI is InChI=1S/C90H58BF3N4/c92-90(93,94)72-44-46-83(76(58-72)71-54-80(63-33-15-5-16-34-63)95-81(55-71)64-35-17-6-18-36-64)98-82-40-22-19-37-75(82)77-53-65(43-45-84(77)98)70-56-87-89-88(57-70)97(74-51-68(61-29-11-3-12-30-61)48-69(52-74)62-31-13-4-14-32-62)86-42-24-21-39-79(86)91(89)78-38-20-23-41-85(78)96(87)73-49-66(59-25-7-1-8-26-59)47-67(50-73)60-27-9-2-10-28-60/h1-58H. The van der Waals surface area contributed by atoms with Gasteiger partial charge in [-0.3, -0.25) is 0 Å². The third-order valence-electron chi connectivity index (χ3n) is 19.5. The Morgan fingerprint density at radius 1 is 0.265 bits per heavy atom. The summed E-state index contributed by atoms with van der Waals surface area (Å²) < 4.78 is 47.9. The molecule has 0 amide bonds. The molecule has 462 valence electrons. The van der Waals surface area contributed by atoms with Gasteiger partial charge < -0.3 is 14.4 Å². The van der Waals surface area contributed by atoms with E-state index in [4.69, 9.17) is 4.98 Å². The minimum atomic E-state index is -4.62. The zero-order valence-corrected chi connectivity index (χ0v) is 53.0. The fourth-order valence-electron chi connectivity index (χ4n) is 15.0. The number of fused-ring (bicyclic) bond motifs is 7. The average molecular weight is 1260 g/mol. The zero-order valence-electron chi connectivity index (χ0n) is 53.0. The van der Waals surface area contributed by atoms with E-state index in [0.717, 1.165) is 123 Å². The van der Waals surface area contributed by atoms with Crippen LogP contribution in [0.15, 0.2) is 352 Å². The number of halogens is 3. The lowest BCUT2D eigenvalue weighted by atomic mass is 9.33. The largest absolute Gasteiger partial charge is 0.416 e. The van der Waals surface area contributed by atoms with Crippen molar-refractivity contribution < 1.29 is 13.2 Å². The highest BCUT2D eigenvalue weighted by Crippen LogP contribution is 2.50. The highest BCUT2D eigenvalue weighted by atomic mass is 19.4. The average Bonchev–Trinajstić information content (AvgIpc) is 0.748. The number of alkyl halides is 3. The second kappa shape index (κ2) is 23.7. The molecule has 0 spiro atoms. The molecule has 0 saturated carbocycles. The van der Waals surface area contributed by atoms with Crippen LogP contribution in [0.5, 0.6) is 0 Å². The summed E-state index contributed by atoms with van der Waals surface area (Å²) in [5.74, 6) is 0. The predicted molar refractivity (Wildman–Crippen MR) is 401 cm³/mol. The number of anilines is 6. The number of aromatic nitrogens is 2. The van der Waals surface area contributed by atoms with Crippen LogP contribution >= 0.6 is 0 Å². The lowest BCUT2D eigenvalue weighted by Crippen LogP contribution is -2.61. The van der Waals surface area contributed by atoms with E-state index in [1.807, 2.05) is 84.9 Å². The lowest BCUT2D eigenvalue weighted by molar-refractivity contribution is -0.137. The summed E-state index contributed by atoms with van der Waals surface area (Å²) in [4.78, 5) is 10.1. The molecular weight excluding hydrogens is 1200 g/mol. The fraction of sp³-hybridized carbons (Fsp3) is 0.0111. The summed E-state index contributed by atoms with van der Waals surface area (Å²) in [7, 11) is 0. The van der Waals surface area contributed by atoms with Crippen molar-refractivity contribution in [1.29, 1.82) is 0 Å². The number of benzene rings is 14. The van der Waals surface area contributed by atoms with Crippen LogP contribution in [-0.4, -0.2) is 16.3 Å². The molecular formula is C90H58BF3N4. The molecule has 0 fully saturated rings. The van der Waals surface area contributed by atoms with E-state index < -0.39 is 11.7 Å². The molecule has 0 radical (unpaired) electrons. The minimum Gasteiger partial charge on any atom is -0.311 e. The number of pyridine rings is 1. The smallest absolute Gasteiger partial charge is 0.311 e. The van der Waals surface area contributed by atoms with Gasteiger partial charge in [0.15, 0.2) is 0 Å². The molecule has 14 aromatic carbocycles. The topological polar surface area (TPSA) is 24.3 Å². The zero-order chi connectivity index (χ0) is 65.4. The number of hydrogen-bond donors (Lipinski definition) is 0. The molecule has 8 heteroatoms. The van der Waals surface area contributed by atoms with Crippen molar-refractivity contribution in [3.63, 3.8) is 0 Å². The van der Waals surface area contributed by atoms with Crippen LogP contribution in [-0.2, 0) is 6.18 Å². The number of rotatable bonds is 11. The van der Waals surface area contributed by atoms with Crippen molar-refractivity contribution in [1.82, 2.24) is 9.55 Å². The minimum absolute atomic E-state index is 0.155. The first kappa shape index (κ1) is 58.1. The van der Waals surface area contributed by atoms with E-state index in [9.17, 15) is 0 Å². The molecule has 0 atom stereocenters. The fourth-order valence-corrected chi connectivity index (χ4v) is 15.0. The van der Waals surface area contributed by atoms with Gasteiger partial charge in [-0.25, -0.2) is 4.98 Å². The van der Waals surface area contributed by atoms with E-state index in [1.165, 1.54) is 28.5 Å². The Hall–Kier alpha value is -12.5. The van der Waals surface area contributed by atoms with Gasteiger partial charge in [-0.05, 0) is 187 Å². The number of para-hydroxylation sites is 3. The van der Waals surface area contributed by atoms with Crippen LogP contribution < -0.4 is 26.2 Å². The Morgan fingerprint density at radius 3 is 1.12 bits per heavy atom. The first-order valence-electron chi connectivity index (χ1n) is 33.1. The summed E-state index contributed by atoms with van der Waals surface area (Å²) >= 11 is 0. The Morgan fingerprint density at radius 2 is 0.663 bits per heavy atom. The maximum absolute atomic E-state index is 15.3. The molecule has 4 heterocycles. The second-order valence-electron chi connectivity index (χ2n) is 25.3. The molecule has 0 N–H and O–H groups in total. The molecule has 0 bridgehead atoms. The van der Waals surface area contributed by atoms with Gasteiger partial charge in [-0.2, -0.15) is 13.2 Å². The van der Waals surface area contributed by atoms with Crippen molar-refractivity contribution in [2.75, 3.05) is 9.80 Å². The SMILES string of the molecule is FC(F)(F)c1ccc(-n2c3ccccc3c3cc(-c4cc5c6c(c4)N(c4cc(-c7ccccc7)cc(-c7ccccc7)c4)c4ccccc4B6c4ccccc4N5c4cc(-c5ccccc5)cc(-c5ccccc5)c4)ccc32)c(-c2cc(-c3ccccc3)nc(-c3ccccc3)c2)c1. The second-order valence-corrected chi connectivity index (χ2v) is 25.3. The lowest BCUT2D eigenvalue weighted by Gasteiger charge is -2.44. The van der Waals surface area contributed by atoms with Crippen molar-refractivity contribution in [3.8, 4) is 95.0 Å². The quantitative estimate of drug-likeness (QED) is 0.121. The molecule has 0 aliphatic carbocycles. The predicted octanol–water partition coefficient (Wildman–Crippen LogP) is 22.6. The van der Waals surface area contributed by atoms with Crippen molar-refractivity contribution >= 4 is 79.0 Å². The van der Waals surface area contributed by atoms with Gasteiger partial charge in [0, 0.05) is 61.6 Å². The molecule has 2 aliphatic rings. The van der Waals surface area contributed by atoms with E-state index in [-0.39, 0.29) is 6.71 Å². The van der Waals surface area contributed by atoms with Gasteiger partial charge >= 0.3 is 6.18 Å². The first-order valence-corrected chi connectivity index (χ1v) is 33.1. The van der Waals surface area contributed by atoms with Crippen molar-refractivity contribution in [2.24, 2.45) is 0 Å². The molecule has 4 nitrogen and oxygen atoms in total. The molecule has 18 rings (SSSR count). The summed E-state index contributed by atoms with van der Waals surface area (Å²) in [6, 6.07) is 122. The van der Waals surface area contributed by atoms with Gasteiger partial charge in [-0.15, -0.1) is 0 Å². The molecule has 2 aliphatic heterocycles. The van der Waals surface area contributed by atoms with Crippen LogP contribution in [0.3, 0.4) is 0 Å². The molecule has 0 saturated heterocycles. The number of nitrogens with zero attached hydrogens (tertiary/aromatic N) is 4. The van der Waals surface area contributed by atoms with E-state index in [0.29, 0.717) is 28.2 Å². The van der Waals surface area contributed by atoms with Gasteiger partial charge in [0.05, 0.1) is 33.7 Å². The maximum atomic E-state index is 15.3. The van der Waals surface area contributed by atoms with Crippen LogP contribution in [0, 0.1) is 0 Å². The Labute approximate surface area is 566 Å². The Balaban J connectivity index is 0.901. The molecule has 16 aromatic rings. The molecule has 98 heavy (non-hydrogen) atoms. The Bertz CT molecular complexity index is 5370. The summed E-state index contributed by atoms with van der Waals surface area (Å²) in [6.07, 6.45) is -4.62. The monoisotopic (exact) mass is 1260 g/mol. The van der Waals surface area contributed by atoms with Gasteiger partial charge in [0.1, 0.15) is 0 Å². The summed E-state index contributed by atoms with van der Waals surface area (Å²) in [5.41, 5.74) is 26.3. The number of hydrogen-bond acceptors (Lipinski definition) is 3. The highest BCUT2D eigenvalue weighted by Gasteiger charge is 2.44. The van der Waals surface area contributed by atoms with Crippen LogP contribution in [0.4, 0.5) is 47.3 Å². The van der Waals surface area contributed by atoms with Crippen molar-refractivity contribution in [2.45, 2.75) is 6.18 Å². The van der Waals surface area contributed by atoms with Crippen molar-refractivity contribution in [3.05, 3.63) is 357 Å². The van der Waals surface area contributed by atoms with E-state index in [2.05, 4.69) is 263 Å². The van der Waals surface area contributed by atoms with Crippen LogP contribution in [0.1, 0.15) is 5.56 Å². The highest BCUT2D eigenvalue weighted by molar-refractivity contribution is 7.00. The van der Waals surface area contributed by atoms with Gasteiger partial charge in [-0.1, -0.05) is 243 Å². The van der Waals surface area contributed by atoms with Crippen LogP contribution in [0.2, 0.25) is 0 Å². The first-order chi connectivity index (χ1) is 48.2. The molecule has 0 unspecified atom stereocenters. The van der Waals surface area contributed by atoms with Crippen LogP contribution in [0.25, 0.3) is 117 Å². The summed E-state index contributed by atoms with van der Waals surface area (Å²) in [6.45, 7) is -0.155. The maximum Gasteiger partial charge on any atom is 0.416 e. The third kappa shape index (κ3) is 10.2. The third-order valence-corrected chi connectivity index (χ3v) is 19.5. The molecule has 2 aromatic heterocycles. The normalized spacial score (nSPS) is 12.4. The van der Waals surface area contributed by atoms with E-state index >= 15 is 13.2 Å². The summed E-state index contributed by atoms with van der Waals surface area (Å²) in [5, 5.41) is 1.91. The van der Waals surface area contributed by atoms with E-state index in [1.54, 1.807) is 6.07 Å². The Kier molecular flexibility index (Phi) is 14.1.